The Kier molecular flexibility index (Phi) is 7.94. The number of ether oxygens (including phenoxy) is 2. The van der Waals surface area contributed by atoms with E-state index in [1.165, 1.54) is 49.6 Å². The minimum absolute atomic E-state index is 0.0158. The van der Waals surface area contributed by atoms with Crippen LogP contribution in [0.2, 0.25) is 0 Å². The van der Waals surface area contributed by atoms with Crippen LogP contribution in [0, 0.1) is 5.82 Å². The predicted molar refractivity (Wildman–Crippen MR) is 138 cm³/mol. The third-order valence-electron chi connectivity index (χ3n) is 5.62. The molecule has 0 aliphatic carbocycles. The molecule has 4 rings (SSSR count). The van der Waals surface area contributed by atoms with Crippen molar-refractivity contribution in [2.75, 3.05) is 38.0 Å². The Hall–Kier alpha value is -5.13. The monoisotopic (exact) mass is 536 g/mol. The van der Waals surface area contributed by atoms with Crippen molar-refractivity contribution in [1.82, 2.24) is 10.2 Å². The number of carbonyl (C=O) groups excluding carboxylic acids is 4. The van der Waals surface area contributed by atoms with Crippen LogP contribution in [0.25, 0.3) is 6.08 Å². The van der Waals surface area contributed by atoms with Crippen molar-refractivity contribution in [3.8, 4) is 5.75 Å². The van der Waals surface area contributed by atoms with Crippen molar-refractivity contribution in [1.29, 1.82) is 0 Å². The standard InChI is InChI=1S/C27H25FN4O7/c1-31(2)19-9-4-16(23(13-19)38-15-24(33)29-18-7-5-17(28)6-8-18)12-21-25(34)32(27(36)30-21)14-20-10-11-22(39-20)26(35)37-3/h4-13H,14-15H2,1-3H3,(H,29,33)(H,30,36)/b21-12-. The average Bonchev–Trinajstić information content (AvgIpc) is 3.49. The molecule has 1 aliphatic rings. The van der Waals surface area contributed by atoms with Crippen LogP contribution in [0.5, 0.6) is 5.75 Å². The van der Waals surface area contributed by atoms with Crippen LogP contribution in [0.3, 0.4) is 0 Å². The van der Waals surface area contributed by atoms with E-state index in [2.05, 4.69) is 15.4 Å². The first kappa shape index (κ1) is 26.9. The highest BCUT2D eigenvalue weighted by Gasteiger charge is 2.34. The Morgan fingerprint density at radius 1 is 1.10 bits per heavy atom. The maximum atomic E-state index is 13.1. The maximum Gasteiger partial charge on any atom is 0.373 e. The van der Waals surface area contributed by atoms with Gasteiger partial charge in [0.05, 0.1) is 13.7 Å². The minimum atomic E-state index is -0.681. The number of furan rings is 1. The van der Waals surface area contributed by atoms with Crippen molar-refractivity contribution >= 4 is 41.3 Å². The smallest absolute Gasteiger partial charge is 0.373 e. The van der Waals surface area contributed by atoms with Crippen LogP contribution < -0.4 is 20.3 Å². The van der Waals surface area contributed by atoms with Crippen molar-refractivity contribution in [2.24, 2.45) is 0 Å². The van der Waals surface area contributed by atoms with Crippen molar-refractivity contribution in [2.45, 2.75) is 6.54 Å². The second kappa shape index (κ2) is 11.5. The molecule has 12 heteroatoms. The fourth-order valence-electron chi connectivity index (χ4n) is 3.62. The number of anilines is 2. The van der Waals surface area contributed by atoms with E-state index in [1.54, 1.807) is 18.2 Å². The number of nitrogens with zero attached hydrogens (tertiary/aromatic N) is 2. The van der Waals surface area contributed by atoms with Gasteiger partial charge in [0.15, 0.2) is 6.61 Å². The Morgan fingerprint density at radius 3 is 2.54 bits per heavy atom. The zero-order valence-electron chi connectivity index (χ0n) is 21.3. The number of nitrogens with one attached hydrogen (secondary N) is 2. The highest BCUT2D eigenvalue weighted by molar-refractivity contribution is 6.14. The molecule has 39 heavy (non-hydrogen) atoms. The summed E-state index contributed by atoms with van der Waals surface area (Å²) in [5.41, 5.74) is 1.60. The third-order valence-corrected chi connectivity index (χ3v) is 5.62. The van der Waals surface area contributed by atoms with E-state index in [4.69, 9.17) is 9.15 Å². The van der Waals surface area contributed by atoms with E-state index in [-0.39, 0.29) is 36.1 Å². The molecule has 0 spiro atoms. The summed E-state index contributed by atoms with van der Waals surface area (Å²) in [4.78, 5) is 52.3. The second-order valence-electron chi connectivity index (χ2n) is 8.60. The zero-order chi connectivity index (χ0) is 28.1. The molecule has 1 saturated heterocycles. The van der Waals surface area contributed by atoms with Gasteiger partial charge in [0, 0.05) is 37.1 Å². The molecule has 1 aliphatic heterocycles. The number of hydrogen-bond donors (Lipinski definition) is 2. The number of carbonyl (C=O) groups is 4. The number of methoxy groups -OCH3 is 1. The summed E-state index contributed by atoms with van der Waals surface area (Å²) in [5, 5.41) is 5.13. The summed E-state index contributed by atoms with van der Waals surface area (Å²) < 4.78 is 28.8. The topological polar surface area (TPSA) is 130 Å². The van der Waals surface area contributed by atoms with Gasteiger partial charge < -0.3 is 29.4 Å². The summed E-state index contributed by atoms with van der Waals surface area (Å²) >= 11 is 0. The second-order valence-corrected chi connectivity index (χ2v) is 8.60. The van der Waals surface area contributed by atoms with E-state index in [9.17, 15) is 23.6 Å². The van der Waals surface area contributed by atoms with Crippen LogP contribution >= 0.6 is 0 Å². The number of amides is 4. The van der Waals surface area contributed by atoms with Crippen LogP contribution in [0.1, 0.15) is 21.9 Å². The molecule has 202 valence electrons. The summed E-state index contributed by atoms with van der Waals surface area (Å²) in [6.07, 6.45) is 1.44. The molecule has 0 radical (unpaired) electrons. The van der Waals surface area contributed by atoms with Gasteiger partial charge in [0.2, 0.25) is 5.76 Å². The van der Waals surface area contributed by atoms with E-state index in [0.29, 0.717) is 11.3 Å². The lowest BCUT2D eigenvalue weighted by Gasteiger charge is -2.16. The third kappa shape index (κ3) is 6.42. The minimum Gasteiger partial charge on any atom is -0.483 e. The van der Waals surface area contributed by atoms with E-state index < -0.39 is 29.6 Å². The predicted octanol–water partition coefficient (Wildman–Crippen LogP) is 3.38. The molecule has 2 aromatic carbocycles. The molecule has 1 aromatic heterocycles. The van der Waals surface area contributed by atoms with Gasteiger partial charge >= 0.3 is 12.0 Å². The molecule has 2 N–H and O–H groups in total. The summed E-state index contributed by atoms with van der Waals surface area (Å²) in [5.74, 6) is -1.75. The molecule has 4 amide bonds. The van der Waals surface area contributed by atoms with Crippen LogP contribution in [-0.2, 0) is 20.9 Å². The van der Waals surface area contributed by atoms with E-state index in [1.807, 2.05) is 19.0 Å². The molecule has 3 aromatic rings. The summed E-state index contributed by atoms with van der Waals surface area (Å²) in [6.45, 7) is -0.566. The molecule has 2 heterocycles. The molecular weight excluding hydrogens is 511 g/mol. The van der Waals surface area contributed by atoms with Gasteiger partial charge in [0.25, 0.3) is 11.8 Å². The Morgan fingerprint density at radius 2 is 1.85 bits per heavy atom. The molecule has 0 unspecified atom stereocenters. The molecular formula is C27H25FN4O7. The number of halogens is 1. The van der Waals surface area contributed by atoms with Crippen LogP contribution in [0.4, 0.5) is 20.6 Å². The zero-order valence-corrected chi connectivity index (χ0v) is 21.3. The lowest BCUT2D eigenvalue weighted by atomic mass is 10.1. The van der Waals surface area contributed by atoms with Crippen molar-refractivity contribution < 1.29 is 37.5 Å². The number of benzene rings is 2. The Labute approximate surface area is 222 Å². The first-order valence-corrected chi connectivity index (χ1v) is 11.7. The van der Waals surface area contributed by atoms with Crippen LogP contribution in [-0.4, -0.2) is 56.5 Å². The largest absolute Gasteiger partial charge is 0.483 e. The van der Waals surface area contributed by atoms with Gasteiger partial charge in [0.1, 0.15) is 23.0 Å². The number of esters is 1. The quantitative estimate of drug-likeness (QED) is 0.242. The lowest BCUT2D eigenvalue weighted by molar-refractivity contribution is -0.123. The van der Waals surface area contributed by atoms with Gasteiger partial charge in [-0.25, -0.2) is 14.0 Å². The van der Waals surface area contributed by atoms with Gasteiger partial charge in [-0.05, 0) is 54.6 Å². The molecule has 0 saturated carbocycles. The molecule has 0 bridgehead atoms. The first-order chi connectivity index (χ1) is 18.6. The molecule has 11 nitrogen and oxygen atoms in total. The normalized spacial score (nSPS) is 13.8. The van der Waals surface area contributed by atoms with Gasteiger partial charge in [-0.15, -0.1) is 0 Å². The van der Waals surface area contributed by atoms with Gasteiger partial charge in [-0.1, -0.05) is 0 Å². The van der Waals surface area contributed by atoms with Crippen molar-refractivity contribution in [3.05, 3.63) is 83.2 Å². The molecule has 1 fully saturated rings. The number of rotatable bonds is 9. The van der Waals surface area contributed by atoms with Crippen molar-refractivity contribution in [3.63, 3.8) is 0 Å². The number of urea groups is 1. The lowest BCUT2D eigenvalue weighted by Crippen LogP contribution is -2.30. The fourth-order valence-corrected chi connectivity index (χ4v) is 3.62. The maximum absolute atomic E-state index is 13.1. The summed E-state index contributed by atoms with van der Waals surface area (Å²) in [6, 6.07) is 12.6. The Bertz CT molecular complexity index is 1450. The first-order valence-electron chi connectivity index (χ1n) is 11.7. The van der Waals surface area contributed by atoms with E-state index in [0.717, 1.165) is 10.6 Å². The van der Waals surface area contributed by atoms with Crippen LogP contribution in [0.15, 0.2) is 64.7 Å². The van der Waals surface area contributed by atoms with E-state index >= 15 is 0 Å². The number of hydrogen-bond acceptors (Lipinski definition) is 8. The SMILES string of the molecule is COC(=O)c1ccc(CN2C(=O)N/C(=C\c3ccc(N(C)C)cc3OCC(=O)Nc3ccc(F)cc3)C2=O)o1. The number of imide groups is 1. The average molecular weight is 537 g/mol. The highest BCUT2D eigenvalue weighted by Crippen LogP contribution is 2.28. The summed E-state index contributed by atoms with van der Waals surface area (Å²) in [7, 11) is 4.87. The van der Waals surface area contributed by atoms with Gasteiger partial charge in [-0.2, -0.15) is 0 Å². The fraction of sp³-hybridized carbons (Fsp3) is 0.185. The molecule has 0 atom stereocenters. The Balaban J connectivity index is 1.50. The van der Waals surface area contributed by atoms with Gasteiger partial charge in [-0.3, -0.25) is 14.5 Å². The highest BCUT2D eigenvalue weighted by atomic mass is 19.1.